The van der Waals surface area contributed by atoms with Crippen molar-refractivity contribution in [2.24, 2.45) is 5.92 Å². The van der Waals surface area contributed by atoms with Crippen molar-refractivity contribution in [1.82, 2.24) is 0 Å². The van der Waals surface area contributed by atoms with E-state index in [-0.39, 0.29) is 36.0 Å². The van der Waals surface area contributed by atoms with Gasteiger partial charge < -0.3 is 33.2 Å². The molecule has 3 nitrogen and oxygen atoms in total. The second-order valence-electron chi connectivity index (χ2n) is 6.70. The van der Waals surface area contributed by atoms with E-state index < -0.39 is 0 Å². The predicted molar refractivity (Wildman–Crippen MR) is 83.0 cm³/mol. The number of nitrogens with zero attached hydrogens (tertiary/aromatic N) is 1. The highest BCUT2D eigenvalue weighted by molar-refractivity contribution is 5.89. The lowest BCUT2D eigenvalue weighted by Gasteiger charge is -2.52. The van der Waals surface area contributed by atoms with Gasteiger partial charge in [-0.15, -0.1) is 0 Å². The number of ether oxygens (including phenoxy) is 1. The van der Waals surface area contributed by atoms with Crippen LogP contribution in [-0.2, 0) is 4.74 Å². The molecule has 122 valence electrons. The summed E-state index contributed by atoms with van der Waals surface area (Å²) >= 11 is 0. The van der Waals surface area contributed by atoms with Crippen molar-refractivity contribution in [1.29, 1.82) is 0 Å². The fourth-order valence-electron chi connectivity index (χ4n) is 3.94. The highest BCUT2D eigenvalue weighted by Gasteiger charge is 2.47. The van der Waals surface area contributed by atoms with E-state index in [2.05, 4.69) is 6.92 Å². The van der Waals surface area contributed by atoms with E-state index in [4.69, 9.17) is 4.74 Å². The molecule has 3 saturated heterocycles. The molecule has 0 aliphatic carbocycles. The zero-order valence-corrected chi connectivity index (χ0v) is 15.5. The summed E-state index contributed by atoms with van der Waals surface area (Å²) in [6, 6.07) is 9.39. The van der Waals surface area contributed by atoms with Crippen LogP contribution in [0.2, 0.25) is 0 Å². The molecular formula is C18H26INO2. The van der Waals surface area contributed by atoms with Gasteiger partial charge in [0.05, 0.1) is 25.2 Å². The van der Waals surface area contributed by atoms with Gasteiger partial charge in [-0.1, -0.05) is 31.5 Å². The average Bonchev–Trinajstić information content (AvgIpc) is 2.55. The summed E-state index contributed by atoms with van der Waals surface area (Å²) in [4.78, 5) is 12.3. The van der Waals surface area contributed by atoms with E-state index in [0.29, 0.717) is 11.5 Å². The summed E-state index contributed by atoms with van der Waals surface area (Å²) in [6.07, 6.45) is 5.09. The van der Waals surface area contributed by atoms with Crippen molar-refractivity contribution in [2.75, 3.05) is 26.2 Å². The van der Waals surface area contributed by atoms with Crippen LogP contribution in [0.1, 0.15) is 43.0 Å². The minimum atomic E-state index is -0.150. The third kappa shape index (κ3) is 3.82. The van der Waals surface area contributed by atoms with Gasteiger partial charge in [0.25, 0.3) is 0 Å². The number of esters is 1. The largest absolute Gasteiger partial charge is 1.00 e. The van der Waals surface area contributed by atoms with E-state index in [1.165, 1.54) is 49.8 Å². The van der Waals surface area contributed by atoms with Crippen molar-refractivity contribution < 1.29 is 38.0 Å². The molecule has 3 heterocycles. The van der Waals surface area contributed by atoms with Crippen molar-refractivity contribution in [2.45, 2.75) is 38.7 Å². The normalized spacial score (nSPS) is 29.7. The Hall–Kier alpha value is -0.620. The molecule has 3 aliphatic heterocycles. The van der Waals surface area contributed by atoms with Crippen molar-refractivity contribution in [3.05, 3.63) is 35.9 Å². The van der Waals surface area contributed by atoms with Gasteiger partial charge in [0, 0.05) is 18.8 Å². The maximum atomic E-state index is 12.3. The first-order valence-corrected chi connectivity index (χ1v) is 8.33. The molecule has 22 heavy (non-hydrogen) atoms. The first-order chi connectivity index (χ1) is 10.2. The Balaban J connectivity index is 0.00000176. The molecule has 1 aromatic rings. The van der Waals surface area contributed by atoms with Gasteiger partial charge in [-0.25, -0.2) is 4.79 Å². The molecule has 0 amide bonds. The third-order valence-electron chi connectivity index (χ3n) is 5.30. The minimum Gasteiger partial charge on any atom is -1.00 e. The van der Waals surface area contributed by atoms with Crippen molar-refractivity contribution in [3.63, 3.8) is 0 Å². The number of benzene rings is 1. The first-order valence-electron chi connectivity index (χ1n) is 8.33. The molecule has 0 N–H and O–H groups in total. The van der Waals surface area contributed by atoms with Crippen LogP contribution in [0.3, 0.4) is 0 Å². The van der Waals surface area contributed by atoms with Gasteiger partial charge >= 0.3 is 5.97 Å². The number of hydrogen-bond donors (Lipinski definition) is 0. The smallest absolute Gasteiger partial charge is 0.338 e. The van der Waals surface area contributed by atoms with E-state index in [1.807, 2.05) is 30.3 Å². The lowest BCUT2D eigenvalue weighted by atomic mass is 9.83. The zero-order valence-electron chi connectivity index (χ0n) is 13.3. The number of unbranched alkanes of at least 4 members (excludes halogenated alkanes) is 1. The van der Waals surface area contributed by atoms with Crippen LogP contribution in [0.4, 0.5) is 0 Å². The molecule has 4 heteroatoms. The van der Waals surface area contributed by atoms with E-state index >= 15 is 0 Å². The van der Waals surface area contributed by atoms with Gasteiger partial charge in [0.2, 0.25) is 0 Å². The quantitative estimate of drug-likeness (QED) is 0.392. The predicted octanol–water partition coefficient (Wildman–Crippen LogP) is 0.257. The number of carbonyl (C=O) groups is 1. The van der Waals surface area contributed by atoms with Crippen LogP contribution in [0.15, 0.2) is 30.3 Å². The number of piperidine rings is 3. The van der Waals surface area contributed by atoms with Crippen LogP contribution >= 0.6 is 0 Å². The molecule has 1 aromatic carbocycles. The van der Waals surface area contributed by atoms with Crippen LogP contribution in [0.25, 0.3) is 0 Å². The topological polar surface area (TPSA) is 26.3 Å². The standard InChI is InChI=1S/C18H26NO2.HI/c1-2-3-11-19-12-9-15(10-13-19)17(14-19)21-18(20)16-7-5-4-6-8-16;/h4-8,15,17H,2-3,9-14H2,1H3;1H/q+1;/p-1. The van der Waals surface area contributed by atoms with Gasteiger partial charge in [-0.05, 0) is 18.6 Å². The Bertz CT molecular complexity index is 483. The van der Waals surface area contributed by atoms with Gasteiger partial charge in [-0.3, -0.25) is 0 Å². The van der Waals surface area contributed by atoms with E-state index in [0.717, 1.165) is 6.54 Å². The molecule has 3 aliphatic rings. The number of fused-ring (bicyclic) bond motifs is 3. The number of halogens is 1. The second kappa shape index (κ2) is 7.77. The van der Waals surface area contributed by atoms with Crippen LogP contribution in [-0.4, -0.2) is 42.7 Å². The molecule has 1 atom stereocenters. The van der Waals surface area contributed by atoms with Crippen LogP contribution in [0, 0.1) is 5.92 Å². The number of carbonyl (C=O) groups excluding carboxylic acids is 1. The molecule has 4 rings (SSSR count). The zero-order chi connectivity index (χ0) is 14.7. The van der Waals surface area contributed by atoms with Gasteiger partial charge in [0.15, 0.2) is 6.10 Å². The lowest BCUT2D eigenvalue weighted by Crippen LogP contribution is -3.00. The third-order valence-corrected chi connectivity index (χ3v) is 5.30. The molecule has 0 spiro atoms. The van der Waals surface area contributed by atoms with Crippen molar-refractivity contribution in [3.8, 4) is 0 Å². The first kappa shape index (κ1) is 17.7. The Morgan fingerprint density at radius 3 is 2.55 bits per heavy atom. The summed E-state index contributed by atoms with van der Waals surface area (Å²) in [5, 5.41) is 0. The highest BCUT2D eigenvalue weighted by Crippen LogP contribution is 2.36. The summed E-state index contributed by atoms with van der Waals surface area (Å²) in [5.41, 5.74) is 0.675. The summed E-state index contributed by atoms with van der Waals surface area (Å²) in [6.45, 7) is 7.10. The summed E-state index contributed by atoms with van der Waals surface area (Å²) in [5.74, 6) is 0.433. The van der Waals surface area contributed by atoms with Gasteiger partial charge in [-0.2, -0.15) is 0 Å². The maximum Gasteiger partial charge on any atom is 0.338 e. The lowest BCUT2D eigenvalue weighted by molar-refractivity contribution is -0.946. The number of hydrogen-bond acceptors (Lipinski definition) is 2. The van der Waals surface area contributed by atoms with E-state index in [9.17, 15) is 4.79 Å². The maximum absolute atomic E-state index is 12.3. The SMILES string of the molecule is CCCC[N+]12CCC(CC1)C(OC(=O)c1ccccc1)C2.[I-]. The molecule has 2 bridgehead atoms. The summed E-state index contributed by atoms with van der Waals surface area (Å²) < 4.78 is 7.04. The molecular weight excluding hydrogens is 389 g/mol. The van der Waals surface area contributed by atoms with E-state index in [1.54, 1.807) is 0 Å². The fourth-order valence-corrected chi connectivity index (χ4v) is 3.94. The summed E-state index contributed by atoms with van der Waals surface area (Å²) in [7, 11) is 0. The molecule has 3 fully saturated rings. The minimum absolute atomic E-state index is 0. The Morgan fingerprint density at radius 2 is 1.91 bits per heavy atom. The average molecular weight is 415 g/mol. The molecule has 0 saturated carbocycles. The highest BCUT2D eigenvalue weighted by atomic mass is 127. The molecule has 0 radical (unpaired) electrons. The second-order valence-corrected chi connectivity index (χ2v) is 6.70. The molecule has 1 unspecified atom stereocenters. The monoisotopic (exact) mass is 415 g/mol. The van der Waals surface area contributed by atoms with Crippen LogP contribution in [0.5, 0.6) is 0 Å². The number of rotatable bonds is 5. The fraction of sp³-hybridized carbons (Fsp3) is 0.611. The Labute approximate surface area is 150 Å². The van der Waals surface area contributed by atoms with Crippen LogP contribution < -0.4 is 24.0 Å². The Kier molecular flexibility index (Phi) is 6.26. The van der Waals surface area contributed by atoms with Gasteiger partial charge in [0.1, 0.15) is 6.54 Å². The molecule has 0 aromatic heterocycles. The number of quaternary nitrogens is 1. The Morgan fingerprint density at radius 1 is 1.23 bits per heavy atom. The van der Waals surface area contributed by atoms with Crippen molar-refractivity contribution >= 4 is 5.97 Å².